The summed E-state index contributed by atoms with van der Waals surface area (Å²) >= 11 is 6.38. The maximum Gasteiger partial charge on any atom is 0.430 e. The van der Waals surface area contributed by atoms with Gasteiger partial charge in [-0.15, -0.1) is 0 Å². The molecule has 41 heavy (non-hydrogen) atoms. The highest BCUT2D eigenvalue weighted by molar-refractivity contribution is 6.34. The molecule has 2 heterocycles. The normalized spacial score (nSPS) is 18.2. The number of carbonyl (C=O) groups excluding carboxylic acids is 2. The average Bonchev–Trinajstić information content (AvgIpc) is 2.88. The van der Waals surface area contributed by atoms with Crippen LogP contribution in [0, 0.1) is 11.8 Å². The standard InChI is InChI=1S/C30H37ClF3N3O4/c1-19(2)41-24-7-5-6-22(15-24)29(40,30(32,33)34)28(39)37-17-21(18-37)14-20-10-12-36(13-11-20)23-8-9-25(26(31)16-23)27(38)35(3)4/h5-9,15-16,19-21,40H,10-14,17-18H2,1-4H3/t29-/m1/s1. The molecule has 2 aromatic carbocycles. The van der Waals surface area contributed by atoms with Gasteiger partial charge in [0.15, 0.2) is 0 Å². The van der Waals surface area contributed by atoms with E-state index in [9.17, 15) is 27.9 Å². The first-order chi connectivity index (χ1) is 19.2. The predicted molar refractivity (Wildman–Crippen MR) is 151 cm³/mol. The molecular formula is C30H37ClF3N3O4. The molecule has 0 aromatic heterocycles. The molecule has 2 aromatic rings. The number of rotatable bonds is 8. The van der Waals surface area contributed by atoms with Gasteiger partial charge in [0.05, 0.1) is 16.7 Å². The van der Waals surface area contributed by atoms with Crippen molar-refractivity contribution >= 4 is 29.1 Å². The summed E-state index contributed by atoms with van der Waals surface area (Å²) in [4.78, 5) is 30.1. The Bertz CT molecular complexity index is 1260. The van der Waals surface area contributed by atoms with Crippen LogP contribution in [0.3, 0.4) is 0 Å². The number of ether oxygens (including phenoxy) is 1. The topological polar surface area (TPSA) is 73.3 Å². The molecular weight excluding hydrogens is 559 g/mol. The molecule has 2 saturated heterocycles. The Labute approximate surface area is 243 Å². The number of anilines is 1. The summed E-state index contributed by atoms with van der Waals surface area (Å²) in [6, 6.07) is 10.5. The first-order valence-corrected chi connectivity index (χ1v) is 14.2. The minimum absolute atomic E-state index is 0.0781. The molecule has 224 valence electrons. The second kappa shape index (κ2) is 12.1. The van der Waals surface area contributed by atoms with Crippen molar-refractivity contribution in [3.63, 3.8) is 0 Å². The zero-order valence-electron chi connectivity index (χ0n) is 23.7. The number of amides is 2. The second-order valence-electron chi connectivity index (χ2n) is 11.5. The molecule has 2 aliphatic rings. The average molecular weight is 596 g/mol. The van der Waals surface area contributed by atoms with Crippen LogP contribution in [-0.2, 0) is 10.4 Å². The molecule has 0 spiro atoms. The van der Waals surface area contributed by atoms with Gasteiger partial charge in [0.2, 0.25) is 0 Å². The van der Waals surface area contributed by atoms with E-state index in [1.807, 2.05) is 6.07 Å². The molecule has 2 aliphatic heterocycles. The molecule has 4 rings (SSSR count). The fourth-order valence-corrected chi connectivity index (χ4v) is 5.86. The molecule has 11 heteroatoms. The third-order valence-electron chi connectivity index (χ3n) is 7.82. The van der Waals surface area contributed by atoms with Gasteiger partial charge in [0.1, 0.15) is 5.75 Å². The number of aliphatic hydroxyl groups is 1. The molecule has 2 amide bonds. The molecule has 1 N–H and O–H groups in total. The number of hydrogen-bond donors (Lipinski definition) is 1. The number of carbonyl (C=O) groups is 2. The van der Waals surface area contributed by atoms with Gasteiger partial charge in [0, 0.05) is 51.5 Å². The smallest absolute Gasteiger partial charge is 0.430 e. The third kappa shape index (κ3) is 6.59. The fourth-order valence-electron chi connectivity index (χ4n) is 5.60. The monoisotopic (exact) mass is 595 g/mol. The second-order valence-corrected chi connectivity index (χ2v) is 11.9. The van der Waals surface area contributed by atoms with Crippen molar-refractivity contribution in [1.82, 2.24) is 9.80 Å². The van der Waals surface area contributed by atoms with E-state index in [2.05, 4.69) is 4.90 Å². The van der Waals surface area contributed by atoms with Crippen molar-refractivity contribution in [3.8, 4) is 5.75 Å². The first-order valence-electron chi connectivity index (χ1n) is 13.8. The number of nitrogens with zero attached hydrogens (tertiary/aromatic N) is 3. The zero-order valence-corrected chi connectivity index (χ0v) is 24.5. The first kappa shape index (κ1) is 31.0. The van der Waals surface area contributed by atoms with E-state index in [4.69, 9.17) is 16.3 Å². The summed E-state index contributed by atoms with van der Waals surface area (Å²) in [5, 5.41) is 11.2. The Kier molecular flexibility index (Phi) is 9.13. The van der Waals surface area contributed by atoms with Crippen LogP contribution < -0.4 is 9.64 Å². The van der Waals surface area contributed by atoms with Crippen LogP contribution in [0.1, 0.15) is 49.0 Å². The van der Waals surface area contributed by atoms with E-state index in [-0.39, 0.29) is 36.8 Å². The summed E-state index contributed by atoms with van der Waals surface area (Å²) in [6.07, 6.45) is -2.87. The van der Waals surface area contributed by atoms with Crippen LogP contribution in [0.15, 0.2) is 42.5 Å². The van der Waals surface area contributed by atoms with Crippen molar-refractivity contribution in [2.75, 3.05) is 45.2 Å². The molecule has 7 nitrogen and oxygen atoms in total. The summed E-state index contributed by atoms with van der Waals surface area (Å²) < 4.78 is 47.9. The lowest BCUT2D eigenvalue weighted by molar-refractivity contribution is -0.264. The molecule has 2 fully saturated rings. The molecule has 0 bridgehead atoms. The van der Waals surface area contributed by atoms with Crippen LogP contribution in [0.5, 0.6) is 5.75 Å². The Morgan fingerprint density at radius 3 is 2.29 bits per heavy atom. The van der Waals surface area contributed by atoms with Crippen molar-refractivity contribution in [2.24, 2.45) is 11.8 Å². The van der Waals surface area contributed by atoms with E-state index < -0.39 is 23.2 Å². The van der Waals surface area contributed by atoms with E-state index in [1.165, 1.54) is 17.0 Å². The highest BCUT2D eigenvalue weighted by Gasteiger charge is 2.63. The molecule has 0 saturated carbocycles. The molecule has 0 aliphatic carbocycles. The Hall–Kier alpha value is -2.98. The Morgan fingerprint density at radius 1 is 1.07 bits per heavy atom. The summed E-state index contributed by atoms with van der Waals surface area (Å²) in [6.45, 7) is 5.41. The quantitative estimate of drug-likeness (QED) is 0.446. The van der Waals surface area contributed by atoms with E-state index in [0.29, 0.717) is 16.5 Å². The van der Waals surface area contributed by atoms with Crippen molar-refractivity contribution < 1.29 is 32.6 Å². The van der Waals surface area contributed by atoms with E-state index in [1.54, 1.807) is 40.1 Å². The maximum atomic E-state index is 14.2. The van der Waals surface area contributed by atoms with Crippen molar-refractivity contribution in [2.45, 2.75) is 51.0 Å². The van der Waals surface area contributed by atoms with Gasteiger partial charge in [-0.2, -0.15) is 13.2 Å². The van der Waals surface area contributed by atoms with Gasteiger partial charge < -0.3 is 24.5 Å². The van der Waals surface area contributed by atoms with Crippen LogP contribution in [-0.4, -0.2) is 79.3 Å². The fraction of sp³-hybridized carbons (Fsp3) is 0.533. The Morgan fingerprint density at radius 2 is 1.73 bits per heavy atom. The number of benzene rings is 2. The maximum absolute atomic E-state index is 14.2. The largest absolute Gasteiger partial charge is 0.491 e. The van der Waals surface area contributed by atoms with E-state index >= 15 is 0 Å². The van der Waals surface area contributed by atoms with Crippen LogP contribution in [0.2, 0.25) is 5.02 Å². The lowest BCUT2D eigenvalue weighted by Gasteiger charge is -2.45. The number of alkyl halides is 3. The molecule has 0 radical (unpaired) electrons. The number of hydrogen-bond acceptors (Lipinski definition) is 5. The minimum atomic E-state index is -5.20. The van der Waals surface area contributed by atoms with Gasteiger partial charge in [-0.1, -0.05) is 23.7 Å². The summed E-state index contributed by atoms with van der Waals surface area (Å²) in [5.41, 5.74) is -2.80. The SMILES string of the molecule is CC(C)Oc1cccc([C@@](O)(C(=O)N2CC(CC3CCN(c4ccc(C(=O)N(C)C)c(Cl)c4)CC3)C2)C(F)(F)F)c1. The van der Waals surface area contributed by atoms with E-state index in [0.717, 1.165) is 55.1 Å². The third-order valence-corrected chi connectivity index (χ3v) is 8.14. The minimum Gasteiger partial charge on any atom is -0.491 e. The number of halogens is 4. The van der Waals surface area contributed by atoms with Crippen LogP contribution in [0.4, 0.5) is 18.9 Å². The van der Waals surface area contributed by atoms with Crippen molar-refractivity contribution in [1.29, 1.82) is 0 Å². The van der Waals surface area contributed by atoms with Crippen LogP contribution >= 0.6 is 11.6 Å². The summed E-state index contributed by atoms with van der Waals surface area (Å²) in [5.74, 6) is -0.901. The van der Waals surface area contributed by atoms with Crippen LogP contribution in [0.25, 0.3) is 0 Å². The van der Waals surface area contributed by atoms with Gasteiger partial charge in [-0.3, -0.25) is 9.59 Å². The lowest BCUT2D eigenvalue weighted by atomic mass is 9.82. The predicted octanol–water partition coefficient (Wildman–Crippen LogP) is 5.34. The van der Waals surface area contributed by atoms with Crippen molar-refractivity contribution in [3.05, 3.63) is 58.6 Å². The lowest BCUT2D eigenvalue weighted by Crippen LogP contribution is -2.61. The van der Waals surface area contributed by atoms with Gasteiger partial charge in [-0.25, -0.2) is 0 Å². The highest BCUT2D eigenvalue weighted by atomic mass is 35.5. The Balaban J connectivity index is 1.32. The van der Waals surface area contributed by atoms with Gasteiger partial charge >= 0.3 is 6.18 Å². The van der Waals surface area contributed by atoms with Gasteiger partial charge in [0.25, 0.3) is 17.4 Å². The summed E-state index contributed by atoms with van der Waals surface area (Å²) in [7, 11) is 3.35. The number of piperidine rings is 1. The number of likely N-dealkylation sites (tertiary alicyclic amines) is 1. The highest BCUT2D eigenvalue weighted by Crippen LogP contribution is 2.43. The molecule has 0 unspecified atom stereocenters. The zero-order chi connectivity index (χ0) is 30.1. The van der Waals surface area contributed by atoms with Gasteiger partial charge in [-0.05, 0) is 75.3 Å². The molecule has 1 atom stereocenters.